The molecule has 1 aliphatic rings. The minimum Gasteiger partial charge on any atom is -0.420 e. The van der Waals surface area contributed by atoms with E-state index in [-0.39, 0.29) is 17.1 Å². The fourth-order valence-electron chi connectivity index (χ4n) is 3.39. The van der Waals surface area contributed by atoms with Gasteiger partial charge in [-0.3, -0.25) is 4.79 Å². The van der Waals surface area contributed by atoms with Crippen LogP contribution in [-0.4, -0.2) is 25.1 Å². The fraction of sp³-hybridized carbons (Fsp3) is 0.316. The Labute approximate surface area is 169 Å². The van der Waals surface area contributed by atoms with Gasteiger partial charge in [-0.2, -0.15) is 0 Å². The Balaban J connectivity index is 1.80. The maximum Gasteiger partial charge on any atom is 0.487 e. The van der Waals surface area contributed by atoms with Crippen molar-refractivity contribution in [2.45, 2.75) is 24.8 Å². The van der Waals surface area contributed by atoms with Crippen molar-refractivity contribution in [1.82, 2.24) is 0 Å². The van der Waals surface area contributed by atoms with Gasteiger partial charge in [0.25, 0.3) is 5.91 Å². The van der Waals surface area contributed by atoms with Crippen LogP contribution in [0, 0.1) is 0 Å². The van der Waals surface area contributed by atoms with Gasteiger partial charge in [-0.1, -0.05) is 29.8 Å². The highest BCUT2D eigenvalue weighted by Gasteiger charge is 2.36. The summed E-state index contributed by atoms with van der Waals surface area (Å²) in [6, 6.07) is 9.19. The van der Waals surface area contributed by atoms with Crippen LogP contribution in [0.4, 0.5) is 20.2 Å². The van der Waals surface area contributed by atoms with Gasteiger partial charge in [-0.15, -0.1) is 8.78 Å². The van der Waals surface area contributed by atoms with Crippen molar-refractivity contribution in [2.75, 3.05) is 23.8 Å². The molecule has 2 aromatic rings. The molecule has 144 valence electrons. The second kappa shape index (κ2) is 6.95. The predicted molar refractivity (Wildman–Crippen MR) is 106 cm³/mol. The molecule has 0 aromatic heterocycles. The minimum atomic E-state index is -3.78. The second-order valence-corrected chi connectivity index (χ2v) is 8.41. The normalized spacial score (nSPS) is 15.4. The highest BCUT2D eigenvalue weighted by atomic mass is 79.9. The maximum absolute atomic E-state index is 12.6. The van der Waals surface area contributed by atoms with Crippen LogP contribution in [0.3, 0.4) is 0 Å². The van der Waals surface area contributed by atoms with E-state index in [4.69, 9.17) is 11.6 Å². The van der Waals surface area contributed by atoms with Crippen molar-refractivity contribution in [2.24, 2.45) is 0 Å². The number of carbonyl (C=O) groups is 1. The monoisotopic (exact) mass is 458 g/mol. The topological polar surface area (TPSA) is 41.6 Å². The third kappa shape index (κ3) is 4.35. The highest BCUT2D eigenvalue weighted by molar-refractivity contribution is 9.10. The van der Waals surface area contributed by atoms with Crippen LogP contribution in [0.1, 0.15) is 29.8 Å². The minimum absolute atomic E-state index is 0.0156. The van der Waals surface area contributed by atoms with Gasteiger partial charge >= 0.3 is 5.57 Å². The number of amides is 1. The number of hydrogen-bond acceptors (Lipinski definition) is 3. The first-order valence-electron chi connectivity index (χ1n) is 8.18. The molecule has 0 saturated heterocycles. The van der Waals surface area contributed by atoms with Crippen molar-refractivity contribution >= 4 is 44.8 Å². The smallest absolute Gasteiger partial charge is 0.420 e. The van der Waals surface area contributed by atoms with Crippen LogP contribution in [0.2, 0.25) is 0 Å². The predicted octanol–water partition coefficient (Wildman–Crippen LogP) is 5.60. The molecule has 0 fully saturated rings. The molecule has 8 heteroatoms. The van der Waals surface area contributed by atoms with E-state index >= 15 is 0 Å². The number of nitrogens with one attached hydrogen (secondary N) is 1. The maximum atomic E-state index is 12.6. The lowest BCUT2D eigenvalue weighted by atomic mass is 9.86. The Morgan fingerprint density at radius 2 is 1.93 bits per heavy atom. The molecule has 0 atom stereocenters. The summed E-state index contributed by atoms with van der Waals surface area (Å²) in [5, 5.41) is 2.75. The van der Waals surface area contributed by atoms with Crippen LogP contribution in [0.15, 0.2) is 40.9 Å². The van der Waals surface area contributed by atoms with E-state index in [1.165, 1.54) is 29.8 Å². The SMILES string of the molecule is CN1CC(C)(C)c2c(Br)cc(C(=O)Nc3ccc(OC(F)(F)Cl)cc3)cc21. The zero-order valence-electron chi connectivity index (χ0n) is 14.9. The van der Waals surface area contributed by atoms with Gasteiger partial charge in [0, 0.05) is 52.0 Å². The number of anilines is 2. The number of alkyl halides is 3. The molecule has 1 heterocycles. The Kier molecular flexibility index (Phi) is 5.12. The molecule has 0 spiro atoms. The number of halogens is 4. The molecule has 0 unspecified atom stereocenters. The van der Waals surface area contributed by atoms with E-state index in [0.717, 1.165) is 16.7 Å². The lowest BCUT2D eigenvalue weighted by Gasteiger charge is -2.19. The first kappa shape index (κ1) is 19.9. The molecule has 0 aliphatic carbocycles. The Hall–Kier alpha value is -1.86. The molecule has 1 N–H and O–H groups in total. The van der Waals surface area contributed by atoms with Gasteiger partial charge < -0.3 is 15.0 Å². The van der Waals surface area contributed by atoms with E-state index in [1.54, 1.807) is 6.07 Å². The van der Waals surface area contributed by atoms with Gasteiger partial charge in [0.2, 0.25) is 0 Å². The number of likely N-dealkylation sites (N-methyl/N-ethyl adjacent to an activating group) is 1. The number of fused-ring (bicyclic) bond motifs is 1. The third-order valence-electron chi connectivity index (χ3n) is 4.40. The number of ether oxygens (including phenoxy) is 1. The molecule has 1 aliphatic heterocycles. The molecular weight excluding hydrogens is 442 g/mol. The summed E-state index contributed by atoms with van der Waals surface area (Å²) in [6.07, 6.45) is 0. The first-order valence-corrected chi connectivity index (χ1v) is 9.36. The van der Waals surface area contributed by atoms with E-state index in [0.29, 0.717) is 11.3 Å². The zero-order valence-corrected chi connectivity index (χ0v) is 17.3. The van der Waals surface area contributed by atoms with Crippen LogP contribution >= 0.6 is 27.5 Å². The summed E-state index contributed by atoms with van der Waals surface area (Å²) in [7, 11) is 1.99. The average molecular weight is 460 g/mol. The third-order valence-corrected chi connectivity index (χ3v) is 5.10. The Bertz CT molecular complexity index is 883. The van der Waals surface area contributed by atoms with Gasteiger partial charge in [0.1, 0.15) is 5.75 Å². The largest absolute Gasteiger partial charge is 0.487 e. The lowest BCUT2D eigenvalue weighted by molar-refractivity contribution is -0.0964. The highest BCUT2D eigenvalue weighted by Crippen LogP contribution is 2.44. The average Bonchev–Trinajstić information content (AvgIpc) is 2.77. The van der Waals surface area contributed by atoms with Gasteiger partial charge in [0.05, 0.1) is 0 Å². The lowest BCUT2D eigenvalue weighted by Crippen LogP contribution is -2.25. The molecule has 2 aromatic carbocycles. The molecular formula is C19H18BrClF2N2O2. The van der Waals surface area contributed by atoms with Gasteiger partial charge in [-0.25, -0.2) is 0 Å². The molecule has 27 heavy (non-hydrogen) atoms. The van der Waals surface area contributed by atoms with Gasteiger partial charge in [0.15, 0.2) is 0 Å². The summed E-state index contributed by atoms with van der Waals surface area (Å²) in [5.74, 6) is -0.398. The number of rotatable bonds is 4. The summed E-state index contributed by atoms with van der Waals surface area (Å²) in [5.41, 5.74) is -0.662. The van der Waals surface area contributed by atoms with Crippen LogP contribution in [0.5, 0.6) is 5.75 Å². The molecule has 0 saturated carbocycles. The standard InChI is InChI=1S/C19H18BrClF2N2O2/c1-18(2)10-25(3)15-9-11(8-14(20)16(15)18)17(26)24-12-4-6-13(7-5-12)27-19(21,22)23/h4-9H,10H2,1-3H3,(H,24,26). The molecule has 4 nitrogen and oxygen atoms in total. The van der Waals surface area contributed by atoms with Crippen LogP contribution < -0.4 is 15.0 Å². The van der Waals surface area contributed by atoms with E-state index in [1.807, 2.05) is 13.1 Å². The number of benzene rings is 2. The van der Waals surface area contributed by atoms with Gasteiger partial charge in [-0.05, 0) is 42.0 Å². The summed E-state index contributed by atoms with van der Waals surface area (Å²) in [6.45, 7) is 5.18. The van der Waals surface area contributed by atoms with E-state index in [2.05, 4.69) is 44.7 Å². The molecule has 0 bridgehead atoms. The van der Waals surface area contributed by atoms with Crippen molar-refractivity contribution in [3.05, 3.63) is 52.0 Å². The first-order chi connectivity index (χ1) is 12.5. The summed E-state index contributed by atoms with van der Waals surface area (Å²) in [4.78, 5) is 14.7. The van der Waals surface area contributed by atoms with Crippen LogP contribution in [0.25, 0.3) is 0 Å². The van der Waals surface area contributed by atoms with Crippen molar-refractivity contribution < 1.29 is 18.3 Å². The number of hydrogen-bond donors (Lipinski definition) is 1. The van der Waals surface area contributed by atoms with E-state index in [9.17, 15) is 13.6 Å². The Morgan fingerprint density at radius 3 is 2.52 bits per heavy atom. The number of nitrogens with zero attached hydrogens (tertiary/aromatic N) is 1. The molecule has 1 amide bonds. The number of carbonyl (C=O) groups excluding carboxylic acids is 1. The fourth-order valence-corrected chi connectivity index (χ4v) is 4.47. The molecule has 0 radical (unpaired) electrons. The van der Waals surface area contributed by atoms with E-state index < -0.39 is 5.57 Å². The quantitative estimate of drug-likeness (QED) is 0.606. The molecule has 3 rings (SSSR count). The van der Waals surface area contributed by atoms with Crippen LogP contribution in [-0.2, 0) is 5.41 Å². The second-order valence-electron chi connectivity index (χ2n) is 7.12. The zero-order chi connectivity index (χ0) is 20.0. The van der Waals surface area contributed by atoms with Crippen molar-refractivity contribution in [3.8, 4) is 5.75 Å². The summed E-state index contributed by atoms with van der Waals surface area (Å²) < 4.78 is 30.4. The Morgan fingerprint density at radius 1 is 1.30 bits per heavy atom. The summed E-state index contributed by atoms with van der Waals surface area (Å²) >= 11 is 8.32. The van der Waals surface area contributed by atoms with Crippen molar-refractivity contribution in [1.29, 1.82) is 0 Å². The van der Waals surface area contributed by atoms with Crippen molar-refractivity contribution in [3.63, 3.8) is 0 Å².